The topological polar surface area (TPSA) is 156 Å². The molecule has 0 radical (unpaired) electrons. The second kappa shape index (κ2) is 6.72. The fourth-order valence-corrected chi connectivity index (χ4v) is 2.90. The number of hydrogen-bond donors (Lipinski definition) is 3. The molecule has 1 saturated heterocycles. The first-order chi connectivity index (χ1) is 12.4. The highest BCUT2D eigenvalue weighted by atomic mass is 16.6. The summed E-state index contributed by atoms with van der Waals surface area (Å²) >= 11 is 0. The fourth-order valence-electron chi connectivity index (χ4n) is 2.90. The lowest BCUT2D eigenvalue weighted by atomic mass is 9.92. The van der Waals surface area contributed by atoms with Crippen molar-refractivity contribution in [2.75, 3.05) is 12.3 Å². The van der Waals surface area contributed by atoms with Crippen molar-refractivity contribution in [2.24, 2.45) is 0 Å². The molecule has 4 atom stereocenters. The summed E-state index contributed by atoms with van der Waals surface area (Å²) in [4.78, 5) is 15.3. The third-order valence-electron chi connectivity index (χ3n) is 4.18. The van der Waals surface area contributed by atoms with E-state index in [9.17, 15) is 20.3 Å². The molecular weight excluding hydrogens is 342 g/mol. The van der Waals surface area contributed by atoms with Crippen molar-refractivity contribution in [3.63, 3.8) is 0 Å². The number of carbonyl (C=O) groups excluding carboxylic acids is 1. The molecule has 0 spiro atoms. The zero-order chi connectivity index (χ0) is 18.9. The maximum Gasteiger partial charge on any atom is 0.330 e. The maximum atomic E-state index is 11.5. The molecule has 0 bridgehead atoms. The number of anilines is 1. The first-order valence-electron chi connectivity index (χ1n) is 7.78. The average Bonchev–Trinajstić information content (AvgIpc) is 3.16. The number of rotatable bonds is 4. The minimum Gasteiger partial charge on any atom is -0.460 e. The van der Waals surface area contributed by atoms with E-state index in [1.807, 2.05) is 6.07 Å². The lowest BCUT2D eigenvalue weighted by molar-refractivity contribution is -0.144. The van der Waals surface area contributed by atoms with Crippen molar-refractivity contribution in [3.8, 4) is 6.07 Å². The molecule has 0 unspecified atom stereocenters. The number of aliphatic hydroxyl groups is 2. The Balaban J connectivity index is 1.95. The fraction of sp³-hybridized carbons (Fsp3) is 0.375. The molecule has 2 aromatic heterocycles. The zero-order valence-corrected chi connectivity index (χ0v) is 13.8. The number of nitrogens with zero attached hydrogens (tertiary/aromatic N) is 4. The number of nitrogen functional groups attached to an aromatic ring is 1. The molecule has 1 aliphatic heterocycles. The van der Waals surface area contributed by atoms with Crippen LogP contribution in [0.1, 0.15) is 12.6 Å². The highest BCUT2D eigenvalue weighted by molar-refractivity contribution is 5.81. The summed E-state index contributed by atoms with van der Waals surface area (Å²) < 4.78 is 11.9. The van der Waals surface area contributed by atoms with Gasteiger partial charge in [-0.1, -0.05) is 6.08 Å². The Morgan fingerprint density at radius 2 is 2.35 bits per heavy atom. The van der Waals surface area contributed by atoms with Gasteiger partial charge >= 0.3 is 5.97 Å². The van der Waals surface area contributed by atoms with Crippen molar-refractivity contribution in [3.05, 3.63) is 36.3 Å². The van der Waals surface area contributed by atoms with Gasteiger partial charge < -0.3 is 25.4 Å². The molecule has 0 aromatic carbocycles. The van der Waals surface area contributed by atoms with Crippen LogP contribution in [-0.2, 0) is 19.9 Å². The number of aromatic nitrogens is 3. The van der Waals surface area contributed by atoms with Crippen LogP contribution in [0.15, 0.2) is 30.6 Å². The average molecular weight is 359 g/mol. The smallest absolute Gasteiger partial charge is 0.330 e. The van der Waals surface area contributed by atoms with Crippen LogP contribution < -0.4 is 5.73 Å². The first-order valence-corrected chi connectivity index (χ1v) is 7.78. The molecular formula is C16H17N5O5. The molecule has 136 valence electrons. The summed E-state index contributed by atoms with van der Waals surface area (Å²) in [7, 11) is 0. The molecule has 1 fully saturated rings. The van der Waals surface area contributed by atoms with Crippen molar-refractivity contribution in [1.82, 2.24) is 14.6 Å². The van der Waals surface area contributed by atoms with E-state index in [-0.39, 0.29) is 18.1 Å². The Labute approximate surface area is 148 Å². The lowest BCUT2D eigenvalue weighted by Gasteiger charge is -2.24. The standard InChI is InChI=1S/C16H17N5O5/c1-2-3-12(22)25-6-10-13(23)14(24)16(7-17,26-10)11-5-4-9-15(18)19-8-20-21(9)11/h2-5,8,10,13-14,23-24H,6H2,1H3,(H2,18,19,20)/b3-2+/t10-,13-,14-,16+/m1/s1. The summed E-state index contributed by atoms with van der Waals surface area (Å²) in [6.45, 7) is 1.32. The summed E-state index contributed by atoms with van der Waals surface area (Å²) in [5.41, 5.74) is 4.47. The summed E-state index contributed by atoms with van der Waals surface area (Å²) in [5, 5.41) is 34.6. The van der Waals surface area contributed by atoms with Gasteiger partial charge in [0.05, 0.1) is 5.69 Å². The molecule has 0 saturated carbocycles. The molecule has 26 heavy (non-hydrogen) atoms. The van der Waals surface area contributed by atoms with Gasteiger partial charge in [-0.25, -0.2) is 14.3 Å². The third-order valence-corrected chi connectivity index (χ3v) is 4.18. The zero-order valence-electron chi connectivity index (χ0n) is 13.8. The minimum absolute atomic E-state index is 0.179. The van der Waals surface area contributed by atoms with Crippen LogP contribution >= 0.6 is 0 Å². The number of ether oxygens (including phenoxy) is 2. The van der Waals surface area contributed by atoms with E-state index in [4.69, 9.17) is 15.2 Å². The van der Waals surface area contributed by atoms with Gasteiger partial charge in [0.1, 0.15) is 42.8 Å². The molecule has 4 N–H and O–H groups in total. The van der Waals surface area contributed by atoms with Crippen molar-refractivity contribution in [1.29, 1.82) is 5.26 Å². The minimum atomic E-state index is -1.91. The van der Waals surface area contributed by atoms with Crippen LogP contribution in [0.2, 0.25) is 0 Å². The number of allylic oxidation sites excluding steroid dienone is 1. The summed E-state index contributed by atoms with van der Waals surface area (Å²) in [6.07, 6.45) is -0.228. The van der Waals surface area contributed by atoms with E-state index < -0.39 is 29.9 Å². The van der Waals surface area contributed by atoms with E-state index in [2.05, 4.69) is 10.1 Å². The van der Waals surface area contributed by atoms with Crippen LogP contribution in [0.5, 0.6) is 0 Å². The number of hydrogen-bond acceptors (Lipinski definition) is 9. The number of fused-ring (bicyclic) bond motifs is 1. The molecule has 0 aliphatic carbocycles. The Bertz CT molecular complexity index is 904. The number of esters is 1. The highest BCUT2D eigenvalue weighted by Crippen LogP contribution is 2.40. The lowest BCUT2D eigenvalue weighted by Crippen LogP contribution is -2.41. The van der Waals surface area contributed by atoms with Gasteiger partial charge in [0.25, 0.3) is 0 Å². The van der Waals surface area contributed by atoms with E-state index >= 15 is 0 Å². The molecule has 0 amide bonds. The first kappa shape index (κ1) is 17.8. The van der Waals surface area contributed by atoms with E-state index in [1.165, 1.54) is 29.1 Å². The SMILES string of the molecule is C/C=C/C(=O)OC[C@H]1O[C@@](C#N)(c2ccc3c(N)ncnn23)[C@H](O)[C@@H]1O. The van der Waals surface area contributed by atoms with Crippen molar-refractivity contribution < 1.29 is 24.5 Å². The van der Waals surface area contributed by atoms with Gasteiger partial charge in [-0.2, -0.15) is 10.4 Å². The van der Waals surface area contributed by atoms with Crippen LogP contribution in [-0.4, -0.2) is 55.7 Å². The van der Waals surface area contributed by atoms with Gasteiger partial charge in [0.15, 0.2) is 5.82 Å². The third kappa shape index (κ3) is 2.68. The second-order valence-corrected chi connectivity index (χ2v) is 5.73. The molecule has 3 rings (SSSR count). The predicted octanol–water partition coefficient (Wildman–Crippen LogP) is -0.730. The number of aliphatic hydroxyl groups excluding tert-OH is 2. The van der Waals surface area contributed by atoms with E-state index in [0.717, 1.165) is 0 Å². The normalized spacial score (nSPS) is 28.5. The van der Waals surface area contributed by atoms with Crippen LogP contribution in [0, 0.1) is 11.3 Å². The molecule has 3 heterocycles. The molecule has 10 nitrogen and oxygen atoms in total. The molecule has 2 aromatic rings. The van der Waals surface area contributed by atoms with Crippen LogP contribution in [0.3, 0.4) is 0 Å². The predicted molar refractivity (Wildman–Crippen MR) is 87.4 cm³/mol. The second-order valence-electron chi connectivity index (χ2n) is 5.73. The number of carbonyl (C=O) groups is 1. The van der Waals surface area contributed by atoms with Gasteiger partial charge in [-0.05, 0) is 19.1 Å². The van der Waals surface area contributed by atoms with Gasteiger partial charge in [0.2, 0.25) is 5.60 Å². The van der Waals surface area contributed by atoms with E-state index in [1.54, 1.807) is 13.0 Å². The van der Waals surface area contributed by atoms with Crippen molar-refractivity contribution in [2.45, 2.75) is 30.8 Å². The number of nitrogens with two attached hydrogens (primary N) is 1. The van der Waals surface area contributed by atoms with Crippen LogP contribution in [0.25, 0.3) is 5.52 Å². The summed E-state index contributed by atoms with van der Waals surface area (Å²) in [5.74, 6) is -0.440. The highest BCUT2D eigenvalue weighted by Gasteiger charge is 2.57. The monoisotopic (exact) mass is 359 g/mol. The van der Waals surface area contributed by atoms with Gasteiger partial charge in [-0.15, -0.1) is 0 Å². The Morgan fingerprint density at radius 3 is 3.04 bits per heavy atom. The summed E-state index contributed by atoms with van der Waals surface area (Å²) in [6, 6.07) is 4.99. The quantitative estimate of drug-likeness (QED) is 0.473. The van der Waals surface area contributed by atoms with Gasteiger partial charge in [0, 0.05) is 6.08 Å². The largest absolute Gasteiger partial charge is 0.460 e. The Morgan fingerprint density at radius 1 is 1.58 bits per heavy atom. The molecule has 1 aliphatic rings. The Kier molecular flexibility index (Phi) is 4.60. The van der Waals surface area contributed by atoms with Crippen molar-refractivity contribution >= 4 is 17.3 Å². The molecule has 10 heteroatoms. The van der Waals surface area contributed by atoms with Gasteiger partial charge in [-0.3, -0.25) is 0 Å². The Hall–Kier alpha value is -3.00. The maximum absolute atomic E-state index is 11.5. The van der Waals surface area contributed by atoms with E-state index in [0.29, 0.717) is 5.52 Å². The van der Waals surface area contributed by atoms with Crippen LogP contribution in [0.4, 0.5) is 5.82 Å². The number of nitriles is 1.